The summed E-state index contributed by atoms with van der Waals surface area (Å²) in [5.74, 6) is -2.75. The molecular formula is C23H25F2N4O2+. The standard InChI is InChI=1S/C23H24F2N4O2/c1-4-11-23(24,25)22(2,3)18-13-20(29-31-18)28-21(30)12-15-5-7-16(8-6-15)17-9-10-19(26)27-14-17/h4-10,13-14H,1,11-12H2,2-3H3,(H2,26,27)(H,28,29,30)/p+1. The van der Waals surface area contributed by atoms with E-state index in [4.69, 9.17) is 10.3 Å². The van der Waals surface area contributed by atoms with E-state index < -0.39 is 17.8 Å². The molecule has 1 aromatic carbocycles. The van der Waals surface area contributed by atoms with Crippen molar-refractivity contribution in [3.05, 3.63) is 72.6 Å². The molecule has 0 atom stereocenters. The number of amides is 1. The summed E-state index contributed by atoms with van der Waals surface area (Å²) in [5, 5.41) is 6.31. The average Bonchev–Trinajstić information content (AvgIpc) is 3.18. The molecule has 6 nitrogen and oxygen atoms in total. The number of halogens is 2. The van der Waals surface area contributed by atoms with Crippen LogP contribution in [0.1, 0.15) is 31.6 Å². The number of allylic oxidation sites excluding steroid dienone is 1. The Morgan fingerprint density at radius 2 is 1.90 bits per heavy atom. The number of nitrogens with one attached hydrogen (secondary N) is 2. The van der Waals surface area contributed by atoms with Crippen LogP contribution in [0.5, 0.6) is 0 Å². The summed E-state index contributed by atoms with van der Waals surface area (Å²) in [6.45, 7) is 6.10. The fourth-order valence-corrected chi connectivity index (χ4v) is 3.05. The SMILES string of the molecule is C=CCC(F)(F)C(C)(C)c1cc(NC(=O)Cc2ccc(-c3ccc(N)[nH+]c3)cc2)no1. The highest BCUT2D eigenvalue weighted by molar-refractivity contribution is 5.91. The van der Waals surface area contributed by atoms with Gasteiger partial charge in [0.2, 0.25) is 5.91 Å². The minimum Gasteiger partial charge on any atom is -0.358 e. The molecular weight excluding hydrogens is 402 g/mol. The van der Waals surface area contributed by atoms with E-state index >= 15 is 0 Å². The molecule has 4 N–H and O–H groups in total. The number of H-pyrrole nitrogens is 1. The Hall–Kier alpha value is -3.55. The first-order valence-electron chi connectivity index (χ1n) is 9.74. The van der Waals surface area contributed by atoms with Gasteiger partial charge in [-0.25, -0.2) is 13.8 Å². The van der Waals surface area contributed by atoms with E-state index in [0.717, 1.165) is 22.8 Å². The topological polar surface area (TPSA) is 95.3 Å². The summed E-state index contributed by atoms with van der Waals surface area (Å²) in [6.07, 6.45) is 2.58. The number of carbonyl (C=O) groups excluding carboxylic acids is 1. The van der Waals surface area contributed by atoms with Gasteiger partial charge in [0.15, 0.2) is 11.6 Å². The first kappa shape index (κ1) is 22.1. The van der Waals surface area contributed by atoms with E-state index in [1.54, 1.807) is 12.3 Å². The molecule has 1 amide bonds. The van der Waals surface area contributed by atoms with Crippen LogP contribution in [0.15, 0.2) is 65.8 Å². The number of nitrogens with zero attached hydrogens (tertiary/aromatic N) is 1. The number of nitrogens with two attached hydrogens (primary N) is 1. The van der Waals surface area contributed by atoms with E-state index in [0.29, 0.717) is 5.82 Å². The Kier molecular flexibility index (Phi) is 6.19. The molecule has 0 radical (unpaired) electrons. The maximum atomic E-state index is 14.4. The van der Waals surface area contributed by atoms with E-state index in [1.807, 2.05) is 30.3 Å². The molecule has 0 saturated heterocycles. The first-order valence-corrected chi connectivity index (χ1v) is 9.74. The van der Waals surface area contributed by atoms with Crippen LogP contribution in [0.25, 0.3) is 11.1 Å². The number of hydrogen-bond acceptors (Lipinski definition) is 4. The molecule has 2 aromatic heterocycles. The van der Waals surface area contributed by atoms with Gasteiger partial charge in [0.25, 0.3) is 11.7 Å². The van der Waals surface area contributed by atoms with Crippen molar-refractivity contribution in [1.82, 2.24) is 5.16 Å². The zero-order valence-electron chi connectivity index (χ0n) is 17.4. The highest BCUT2D eigenvalue weighted by Gasteiger charge is 2.49. The summed E-state index contributed by atoms with van der Waals surface area (Å²) in [6, 6.07) is 12.5. The highest BCUT2D eigenvalue weighted by Crippen LogP contribution is 2.42. The summed E-state index contributed by atoms with van der Waals surface area (Å²) in [7, 11) is 0. The lowest BCUT2D eigenvalue weighted by molar-refractivity contribution is -0.359. The third-order valence-corrected chi connectivity index (χ3v) is 5.20. The molecule has 0 unspecified atom stereocenters. The Balaban J connectivity index is 1.64. The van der Waals surface area contributed by atoms with Gasteiger partial charge in [-0.15, -0.1) is 6.58 Å². The van der Waals surface area contributed by atoms with Gasteiger partial charge in [-0.05, 0) is 31.0 Å². The lowest BCUT2D eigenvalue weighted by Crippen LogP contribution is -2.39. The van der Waals surface area contributed by atoms with Crippen LogP contribution in [-0.4, -0.2) is 17.0 Å². The van der Waals surface area contributed by atoms with Gasteiger partial charge in [-0.3, -0.25) is 10.5 Å². The first-order chi connectivity index (χ1) is 14.6. The zero-order valence-corrected chi connectivity index (χ0v) is 17.4. The Morgan fingerprint density at radius 1 is 1.23 bits per heavy atom. The molecule has 0 aliphatic heterocycles. The molecule has 3 rings (SSSR count). The molecule has 162 valence electrons. The number of rotatable bonds is 8. The third-order valence-electron chi connectivity index (χ3n) is 5.20. The van der Waals surface area contributed by atoms with Crippen LogP contribution in [0.3, 0.4) is 0 Å². The van der Waals surface area contributed by atoms with Gasteiger partial charge in [0.1, 0.15) is 0 Å². The van der Waals surface area contributed by atoms with Crippen molar-refractivity contribution in [3.8, 4) is 11.1 Å². The van der Waals surface area contributed by atoms with Crippen LogP contribution in [0.2, 0.25) is 0 Å². The third kappa shape index (κ3) is 4.96. The summed E-state index contributed by atoms with van der Waals surface area (Å²) >= 11 is 0. The summed E-state index contributed by atoms with van der Waals surface area (Å²) in [4.78, 5) is 15.3. The summed E-state index contributed by atoms with van der Waals surface area (Å²) < 4.78 is 33.8. The van der Waals surface area contributed by atoms with Gasteiger partial charge in [-0.1, -0.05) is 35.5 Å². The molecule has 0 spiro atoms. The minimum atomic E-state index is -3.07. The highest BCUT2D eigenvalue weighted by atomic mass is 19.3. The minimum absolute atomic E-state index is 0.0145. The number of alkyl halides is 2. The lowest BCUT2D eigenvalue weighted by Gasteiger charge is -2.30. The average molecular weight is 427 g/mol. The number of hydrogen-bond donors (Lipinski definition) is 2. The second-order valence-electron chi connectivity index (χ2n) is 7.85. The van der Waals surface area contributed by atoms with Crippen molar-refractivity contribution >= 4 is 17.5 Å². The smallest absolute Gasteiger partial charge is 0.270 e. The van der Waals surface area contributed by atoms with Crippen molar-refractivity contribution in [2.45, 2.75) is 38.0 Å². The molecule has 0 aliphatic carbocycles. The number of nitrogen functional groups attached to an aromatic ring is 1. The van der Waals surface area contributed by atoms with E-state index in [2.05, 4.69) is 22.0 Å². The Morgan fingerprint density at radius 3 is 2.52 bits per heavy atom. The number of benzene rings is 1. The second-order valence-corrected chi connectivity index (χ2v) is 7.85. The largest absolute Gasteiger partial charge is 0.358 e. The molecule has 2 heterocycles. The van der Waals surface area contributed by atoms with E-state index in [-0.39, 0.29) is 23.9 Å². The van der Waals surface area contributed by atoms with Crippen LogP contribution < -0.4 is 16.0 Å². The molecule has 3 aromatic rings. The maximum Gasteiger partial charge on any atom is 0.270 e. The zero-order chi connectivity index (χ0) is 22.6. The normalized spacial score (nSPS) is 11.9. The fraction of sp³-hybridized carbons (Fsp3) is 0.261. The monoisotopic (exact) mass is 427 g/mol. The van der Waals surface area contributed by atoms with E-state index in [1.165, 1.54) is 19.9 Å². The molecule has 0 bridgehead atoms. The molecule has 8 heteroatoms. The van der Waals surface area contributed by atoms with E-state index in [9.17, 15) is 13.6 Å². The van der Waals surface area contributed by atoms with Crippen LogP contribution >= 0.6 is 0 Å². The Labute approximate surface area is 179 Å². The van der Waals surface area contributed by atoms with Crippen molar-refractivity contribution in [2.24, 2.45) is 0 Å². The van der Waals surface area contributed by atoms with Gasteiger partial charge in [-0.2, -0.15) is 0 Å². The number of aromatic amines is 1. The quantitative estimate of drug-likeness (QED) is 0.521. The van der Waals surface area contributed by atoms with Crippen molar-refractivity contribution < 1.29 is 23.1 Å². The molecule has 31 heavy (non-hydrogen) atoms. The second kappa shape index (κ2) is 8.67. The Bertz CT molecular complexity index is 1060. The predicted octanol–water partition coefficient (Wildman–Crippen LogP) is 4.41. The van der Waals surface area contributed by atoms with Gasteiger partial charge < -0.3 is 9.84 Å². The molecule has 0 fully saturated rings. The number of carbonyl (C=O) groups is 1. The summed E-state index contributed by atoms with van der Waals surface area (Å²) in [5.41, 5.74) is 6.79. The maximum absolute atomic E-state index is 14.4. The van der Waals surface area contributed by atoms with Crippen LogP contribution in [-0.2, 0) is 16.6 Å². The fourth-order valence-electron chi connectivity index (χ4n) is 3.05. The van der Waals surface area contributed by atoms with Crippen molar-refractivity contribution in [1.29, 1.82) is 0 Å². The number of anilines is 2. The molecule has 0 aliphatic rings. The van der Waals surface area contributed by atoms with Gasteiger partial charge in [0, 0.05) is 24.1 Å². The van der Waals surface area contributed by atoms with Gasteiger partial charge in [0.05, 0.1) is 18.0 Å². The van der Waals surface area contributed by atoms with Crippen LogP contribution in [0.4, 0.5) is 20.4 Å². The van der Waals surface area contributed by atoms with Gasteiger partial charge >= 0.3 is 0 Å². The van der Waals surface area contributed by atoms with Crippen LogP contribution in [0, 0.1) is 0 Å². The van der Waals surface area contributed by atoms with Crippen molar-refractivity contribution in [3.63, 3.8) is 0 Å². The lowest BCUT2D eigenvalue weighted by atomic mass is 9.81. The van der Waals surface area contributed by atoms with Crippen molar-refractivity contribution in [2.75, 3.05) is 11.1 Å². The number of aromatic nitrogens is 2. The molecule has 0 saturated carbocycles. The predicted molar refractivity (Wildman–Crippen MR) is 114 cm³/mol. The number of pyridine rings is 1.